The third kappa shape index (κ3) is 5.27. The van der Waals surface area contributed by atoms with Gasteiger partial charge in [-0.05, 0) is 56.2 Å². The standard InChI is InChI=1S/C23H35N3O2/c1-3-4-5-8-22(27)24-19-9-10-21(25-15-11-18(2)12-16-25)20(17-19)23(28)26-13-6-7-14-26/h9-10,17-18H,3-8,11-16H2,1-2H3,(H,24,27). The van der Waals surface area contributed by atoms with Crippen LogP contribution in [0.3, 0.4) is 0 Å². The van der Waals surface area contributed by atoms with Crippen LogP contribution in [0.25, 0.3) is 0 Å². The van der Waals surface area contributed by atoms with Crippen molar-refractivity contribution in [2.75, 3.05) is 36.4 Å². The van der Waals surface area contributed by atoms with Crippen LogP contribution >= 0.6 is 0 Å². The highest BCUT2D eigenvalue weighted by Crippen LogP contribution is 2.30. The molecule has 2 heterocycles. The fourth-order valence-electron chi connectivity index (χ4n) is 4.16. The molecule has 5 heteroatoms. The van der Waals surface area contributed by atoms with Crippen molar-refractivity contribution in [2.45, 2.75) is 65.2 Å². The average molecular weight is 386 g/mol. The summed E-state index contributed by atoms with van der Waals surface area (Å²) >= 11 is 0. The highest BCUT2D eigenvalue weighted by molar-refractivity contribution is 6.02. The minimum atomic E-state index is 0.0348. The quantitative estimate of drug-likeness (QED) is 0.694. The van der Waals surface area contributed by atoms with E-state index in [4.69, 9.17) is 0 Å². The first kappa shape index (κ1) is 20.7. The molecule has 1 aromatic carbocycles. The third-order valence-electron chi connectivity index (χ3n) is 6.04. The number of benzene rings is 1. The van der Waals surface area contributed by atoms with Gasteiger partial charge < -0.3 is 15.1 Å². The first-order chi connectivity index (χ1) is 13.6. The van der Waals surface area contributed by atoms with Crippen molar-refractivity contribution in [3.05, 3.63) is 23.8 Å². The smallest absolute Gasteiger partial charge is 0.256 e. The van der Waals surface area contributed by atoms with Crippen LogP contribution in [0.4, 0.5) is 11.4 Å². The predicted octanol–water partition coefficient (Wildman–Crippen LogP) is 4.68. The van der Waals surface area contributed by atoms with E-state index in [0.29, 0.717) is 6.42 Å². The molecule has 0 aromatic heterocycles. The summed E-state index contributed by atoms with van der Waals surface area (Å²) in [5.41, 5.74) is 2.49. The van der Waals surface area contributed by atoms with Gasteiger partial charge in [-0.3, -0.25) is 9.59 Å². The number of rotatable bonds is 7. The van der Waals surface area contributed by atoms with E-state index in [9.17, 15) is 9.59 Å². The first-order valence-electron chi connectivity index (χ1n) is 11.1. The molecular weight excluding hydrogens is 350 g/mol. The van der Waals surface area contributed by atoms with Gasteiger partial charge in [0.15, 0.2) is 0 Å². The maximum atomic E-state index is 13.2. The molecule has 0 radical (unpaired) electrons. The monoisotopic (exact) mass is 385 g/mol. The summed E-state index contributed by atoms with van der Waals surface area (Å²) in [6.45, 7) is 8.08. The van der Waals surface area contributed by atoms with E-state index in [1.54, 1.807) is 0 Å². The number of anilines is 2. The van der Waals surface area contributed by atoms with Crippen LogP contribution in [-0.2, 0) is 4.79 Å². The number of nitrogens with zero attached hydrogens (tertiary/aromatic N) is 2. The summed E-state index contributed by atoms with van der Waals surface area (Å²) in [5, 5.41) is 3.00. The van der Waals surface area contributed by atoms with Gasteiger partial charge in [0.25, 0.3) is 5.91 Å². The zero-order valence-electron chi connectivity index (χ0n) is 17.5. The Bertz CT molecular complexity index is 674. The summed E-state index contributed by atoms with van der Waals surface area (Å²) < 4.78 is 0. The molecule has 2 amide bonds. The van der Waals surface area contributed by atoms with E-state index >= 15 is 0 Å². The molecule has 154 valence electrons. The fraction of sp³-hybridized carbons (Fsp3) is 0.652. The van der Waals surface area contributed by atoms with Crippen molar-refractivity contribution in [1.29, 1.82) is 0 Å². The van der Waals surface area contributed by atoms with Gasteiger partial charge in [-0.25, -0.2) is 0 Å². The van der Waals surface area contributed by atoms with Crippen molar-refractivity contribution in [1.82, 2.24) is 4.90 Å². The van der Waals surface area contributed by atoms with Gasteiger partial charge in [-0.15, -0.1) is 0 Å². The van der Waals surface area contributed by atoms with Gasteiger partial charge in [0, 0.05) is 44.0 Å². The Hall–Kier alpha value is -2.04. The fourth-order valence-corrected chi connectivity index (χ4v) is 4.16. The number of likely N-dealkylation sites (tertiary alicyclic amines) is 1. The Kier molecular flexibility index (Phi) is 7.35. The van der Waals surface area contributed by atoms with Crippen LogP contribution in [0, 0.1) is 5.92 Å². The van der Waals surface area contributed by atoms with Crippen molar-refractivity contribution in [3.63, 3.8) is 0 Å². The van der Waals surface area contributed by atoms with Gasteiger partial charge in [0.2, 0.25) is 5.91 Å². The van der Waals surface area contributed by atoms with Crippen LogP contribution in [0.2, 0.25) is 0 Å². The molecule has 28 heavy (non-hydrogen) atoms. The lowest BCUT2D eigenvalue weighted by molar-refractivity contribution is -0.116. The number of hydrogen-bond acceptors (Lipinski definition) is 3. The highest BCUT2D eigenvalue weighted by atomic mass is 16.2. The number of unbranched alkanes of at least 4 members (excludes halogenated alkanes) is 2. The molecule has 0 saturated carbocycles. The Morgan fingerprint density at radius 2 is 1.79 bits per heavy atom. The Morgan fingerprint density at radius 1 is 1.07 bits per heavy atom. The molecule has 2 saturated heterocycles. The molecule has 0 unspecified atom stereocenters. The lowest BCUT2D eigenvalue weighted by Gasteiger charge is -2.34. The molecule has 2 fully saturated rings. The maximum Gasteiger partial charge on any atom is 0.256 e. The Morgan fingerprint density at radius 3 is 2.46 bits per heavy atom. The second-order valence-electron chi connectivity index (χ2n) is 8.41. The summed E-state index contributed by atoms with van der Waals surface area (Å²) in [5.74, 6) is 0.886. The minimum absolute atomic E-state index is 0.0348. The summed E-state index contributed by atoms with van der Waals surface area (Å²) in [6, 6.07) is 5.87. The van der Waals surface area contributed by atoms with Gasteiger partial charge in [-0.2, -0.15) is 0 Å². The largest absolute Gasteiger partial charge is 0.371 e. The lowest BCUT2D eigenvalue weighted by atomic mass is 9.97. The molecule has 1 N–H and O–H groups in total. The van der Waals surface area contributed by atoms with Gasteiger partial charge in [0.1, 0.15) is 0 Å². The predicted molar refractivity (Wildman–Crippen MR) is 115 cm³/mol. The Balaban J connectivity index is 1.79. The summed E-state index contributed by atoms with van der Waals surface area (Å²) in [4.78, 5) is 29.7. The molecule has 0 spiro atoms. The summed E-state index contributed by atoms with van der Waals surface area (Å²) in [7, 11) is 0. The zero-order valence-corrected chi connectivity index (χ0v) is 17.5. The van der Waals surface area contributed by atoms with Gasteiger partial charge in [-0.1, -0.05) is 26.7 Å². The molecule has 1 aromatic rings. The minimum Gasteiger partial charge on any atom is -0.371 e. The SMILES string of the molecule is CCCCCC(=O)Nc1ccc(N2CCC(C)CC2)c(C(=O)N2CCCC2)c1. The van der Waals surface area contributed by atoms with E-state index in [1.165, 1.54) is 0 Å². The second kappa shape index (κ2) is 9.94. The summed E-state index contributed by atoms with van der Waals surface area (Å²) in [6.07, 6.45) is 8.09. The van der Waals surface area contributed by atoms with E-state index in [1.807, 2.05) is 23.1 Å². The molecule has 0 bridgehead atoms. The molecule has 5 nitrogen and oxygen atoms in total. The molecular formula is C23H35N3O2. The van der Waals surface area contributed by atoms with Crippen molar-refractivity contribution in [3.8, 4) is 0 Å². The highest BCUT2D eigenvalue weighted by Gasteiger charge is 2.26. The number of carbonyl (C=O) groups is 2. The molecule has 2 aliphatic heterocycles. The van der Waals surface area contributed by atoms with E-state index < -0.39 is 0 Å². The number of carbonyl (C=O) groups excluding carboxylic acids is 2. The number of nitrogens with one attached hydrogen (secondary N) is 1. The van der Waals surface area contributed by atoms with Gasteiger partial charge in [0.05, 0.1) is 5.56 Å². The number of amides is 2. The van der Waals surface area contributed by atoms with Gasteiger partial charge >= 0.3 is 0 Å². The van der Waals surface area contributed by atoms with E-state index in [2.05, 4.69) is 24.1 Å². The van der Waals surface area contributed by atoms with Crippen LogP contribution < -0.4 is 10.2 Å². The van der Waals surface area contributed by atoms with E-state index in [-0.39, 0.29) is 11.8 Å². The Labute approximate surface area is 169 Å². The number of hydrogen-bond donors (Lipinski definition) is 1. The lowest BCUT2D eigenvalue weighted by Crippen LogP contribution is -2.35. The van der Waals surface area contributed by atoms with Crippen molar-refractivity contribution >= 4 is 23.2 Å². The van der Waals surface area contributed by atoms with Crippen molar-refractivity contribution < 1.29 is 9.59 Å². The first-order valence-corrected chi connectivity index (χ1v) is 11.1. The van der Waals surface area contributed by atoms with Crippen LogP contribution in [0.5, 0.6) is 0 Å². The zero-order chi connectivity index (χ0) is 19.9. The topological polar surface area (TPSA) is 52.7 Å². The third-order valence-corrected chi connectivity index (χ3v) is 6.04. The molecule has 2 aliphatic rings. The normalized spacial score (nSPS) is 17.8. The number of piperidine rings is 1. The van der Waals surface area contributed by atoms with Crippen molar-refractivity contribution in [2.24, 2.45) is 5.92 Å². The van der Waals surface area contributed by atoms with E-state index in [0.717, 1.165) is 94.0 Å². The van der Waals surface area contributed by atoms with Crippen LogP contribution in [0.1, 0.15) is 75.6 Å². The van der Waals surface area contributed by atoms with Crippen LogP contribution in [0.15, 0.2) is 18.2 Å². The second-order valence-corrected chi connectivity index (χ2v) is 8.41. The maximum absolute atomic E-state index is 13.2. The average Bonchev–Trinajstić information content (AvgIpc) is 3.23. The molecule has 0 aliphatic carbocycles. The molecule has 0 atom stereocenters. The van der Waals surface area contributed by atoms with Crippen LogP contribution in [-0.4, -0.2) is 42.9 Å². The molecule has 3 rings (SSSR count).